The van der Waals surface area contributed by atoms with Gasteiger partial charge in [0.2, 0.25) is 10.0 Å². The zero-order chi connectivity index (χ0) is 15.5. The molecule has 0 aliphatic carbocycles. The summed E-state index contributed by atoms with van der Waals surface area (Å²) in [6, 6.07) is 7.35. The highest BCUT2D eigenvalue weighted by Gasteiger charge is 2.25. The standard InChI is InChI=1S/C14H19BrN2O3S/c1-21(19,20)16-9-11-5-4-8-17(10-11)14(18)12-6-2-3-7-13(12)15/h2-3,6-7,11,16H,4-5,8-10H2,1H3/t11-/m1/s1. The van der Waals surface area contributed by atoms with Gasteiger partial charge in [0.15, 0.2) is 0 Å². The van der Waals surface area contributed by atoms with Crippen molar-refractivity contribution in [3.63, 3.8) is 0 Å². The van der Waals surface area contributed by atoms with Gasteiger partial charge < -0.3 is 4.90 Å². The molecule has 1 aromatic rings. The second-order valence-corrected chi connectivity index (χ2v) is 8.05. The van der Waals surface area contributed by atoms with Gasteiger partial charge >= 0.3 is 0 Å². The van der Waals surface area contributed by atoms with Gasteiger partial charge in [-0.1, -0.05) is 12.1 Å². The number of benzene rings is 1. The lowest BCUT2D eigenvalue weighted by atomic mass is 9.97. The molecular weight excluding hydrogens is 356 g/mol. The molecule has 0 bridgehead atoms. The number of hydrogen-bond acceptors (Lipinski definition) is 3. The zero-order valence-electron chi connectivity index (χ0n) is 11.9. The summed E-state index contributed by atoms with van der Waals surface area (Å²) >= 11 is 3.40. The second kappa shape index (κ2) is 6.89. The van der Waals surface area contributed by atoms with Gasteiger partial charge in [-0.05, 0) is 46.8 Å². The van der Waals surface area contributed by atoms with Crippen molar-refractivity contribution >= 4 is 31.9 Å². The molecule has 1 aromatic carbocycles. The Morgan fingerprint density at radius 3 is 2.81 bits per heavy atom. The van der Waals surface area contributed by atoms with Crippen LogP contribution in [0.1, 0.15) is 23.2 Å². The minimum atomic E-state index is -3.18. The molecule has 0 radical (unpaired) electrons. The molecule has 1 heterocycles. The summed E-state index contributed by atoms with van der Waals surface area (Å²) in [6.07, 6.45) is 2.98. The van der Waals surface area contributed by atoms with E-state index in [-0.39, 0.29) is 11.8 Å². The molecule has 1 fully saturated rings. The van der Waals surface area contributed by atoms with Crippen LogP contribution in [0.25, 0.3) is 0 Å². The lowest BCUT2D eigenvalue weighted by Gasteiger charge is -2.33. The number of nitrogens with zero attached hydrogens (tertiary/aromatic N) is 1. The van der Waals surface area contributed by atoms with E-state index in [2.05, 4.69) is 20.7 Å². The van der Waals surface area contributed by atoms with E-state index in [9.17, 15) is 13.2 Å². The molecular formula is C14H19BrN2O3S. The van der Waals surface area contributed by atoms with Crippen LogP contribution >= 0.6 is 15.9 Å². The van der Waals surface area contributed by atoms with Crippen LogP contribution in [0.4, 0.5) is 0 Å². The third-order valence-electron chi connectivity index (χ3n) is 3.54. The number of likely N-dealkylation sites (tertiary alicyclic amines) is 1. The second-order valence-electron chi connectivity index (χ2n) is 5.36. The number of sulfonamides is 1. The molecule has 2 rings (SSSR count). The van der Waals surface area contributed by atoms with Gasteiger partial charge in [-0.2, -0.15) is 0 Å². The van der Waals surface area contributed by atoms with Crippen LogP contribution in [0.15, 0.2) is 28.7 Å². The Balaban J connectivity index is 2.01. The Bertz CT molecular complexity index is 618. The molecule has 7 heteroatoms. The Morgan fingerprint density at radius 2 is 2.14 bits per heavy atom. The quantitative estimate of drug-likeness (QED) is 0.874. The molecule has 1 saturated heterocycles. The highest BCUT2D eigenvalue weighted by Crippen LogP contribution is 2.22. The third-order valence-corrected chi connectivity index (χ3v) is 4.93. The number of rotatable bonds is 4. The summed E-state index contributed by atoms with van der Waals surface area (Å²) < 4.78 is 25.6. The van der Waals surface area contributed by atoms with E-state index < -0.39 is 10.0 Å². The first-order chi connectivity index (χ1) is 9.87. The van der Waals surface area contributed by atoms with Crippen molar-refractivity contribution in [2.24, 2.45) is 5.92 Å². The van der Waals surface area contributed by atoms with Crippen molar-refractivity contribution in [1.82, 2.24) is 9.62 Å². The van der Waals surface area contributed by atoms with Crippen molar-refractivity contribution in [2.75, 3.05) is 25.9 Å². The lowest BCUT2D eigenvalue weighted by Crippen LogP contribution is -2.43. The summed E-state index contributed by atoms with van der Waals surface area (Å²) in [5.74, 6) is 0.159. The van der Waals surface area contributed by atoms with E-state index in [0.29, 0.717) is 18.7 Å². The molecule has 5 nitrogen and oxygen atoms in total. The van der Waals surface area contributed by atoms with E-state index in [1.165, 1.54) is 0 Å². The Kier molecular flexibility index (Phi) is 5.40. The molecule has 0 unspecified atom stereocenters. The van der Waals surface area contributed by atoms with Crippen molar-refractivity contribution in [1.29, 1.82) is 0 Å². The molecule has 0 saturated carbocycles. The zero-order valence-corrected chi connectivity index (χ0v) is 14.3. The predicted molar refractivity (Wildman–Crippen MR) is 85.6 cm³/mol. The Labute approximate surface area is 133 Å². The van der Waals surface area contributed by atoms with Crippen LogP contribution in [0.5, 0.6) is 0 Å². The summed E-state index contributed by atoms with van der Waals surface area (Å²) in [5.41, 5.74) is 0.647. The fraction of sp³-hybridized carbons (Fsp3) is 0.500. The monoisotopic (exact) mass is 374 g/mol. The normalized spacial score (nSPS) is 19.5. The Morgan fingerprint density at radius 1 is 1.43 bits per heavy atom. The topological polar surface area (TPSA) is 66.5 Å². The smallest absolute Gasteiger partial charge is 0.255 e. The van der Waals surface area contributed by atoms with E-state index in [1.54, 1.807) is 11.0 Å². The minimum absolute atomic E-state index is 0.00784. The number of piperidine rings is 1. The maximum atomic E-state index is 12.5. The first-order valence-corrected chi connectivity index (χ1v) is 9.53. The molecule has 116 valence electrons. The van der Waals surface area contributed by atoms with Gasteiger partial charge in [-0.25, -0.2) is 13.1 Å². The van der Waals surface area contributed by atoms with Gasteiger partial charge in [-0.3, -0.25) is 4.79 Å². The van der Waals surface area contributed by atoms with Crippen molar-refractivity contribution in [3.8, 4) is 0 Å². The number of amides is 1. The van der Waals surface area contributed by atoms with E-state index >= 15 is 0 Å². The van der Waals surface area contributed by atoms with E-state index in [4.69, 9.17) is 0 Å². The summed E-state index contributed by atoms with van der Waals surface area (Å²) in [4.78, 5) is 14.3. The largest absolute Gasteiger partial charge is 0.338 e. The molecule has 1 amide bonds. The van der Waals surface area contributed by atoms with Crippen LogP contribution in [-0.4, -0.2) is 45.1 Å². The molecule has 1 aliphatic heterocycles. The van der Waals surface area contributed by atoms with E-state index in [1.807, 2.05) is 18.2 Å². The summed E-state index contributed by atoms with van der Waals surface area (Å²) in [7, 11) is -3.18. The average Bonchev–Trinajstić information content (AvgIpc) is 2.44. The molecule has 0 spiro atoms. The molecule has 0 aromatic heterocycles. The van der Waals surface area contributed by atoms with Crippen LogP contribution < -0.4 is 4.72 Å². The van der Waals surface area contributed by atoms with Crippen molar-refractivity contribution in [2.45, 2.75) is 12.8 Å². The fourth-order valence-corrected chi connectivity index (χ4v) is 3.48. The lowest BCUT2D eigenvalue weighted by molar-refractivity contribution is 0.0675. The number of nitrogens with one attached hydrogen (secondary N) is 1. The number of hydrogen-bond donors (Lipinski definition) is 1. The number of halogens is 1. The minimum Gasteiger partial charge on any atom is -0.338 e. The summed E-state index contributed by atoms with van der Waals surface area (Å²) in [6.45, 7) is 1.69. The highest BCUT2D eigenvalue weighted by molar-refractivity contribution is 9.10. The van der Waals surface area contributed by atoms with Gasteiger partial charge in [0, 0.05) is 24.1 Å². The Hall–Kier alpha value is -0.920. The van der Waals surface area contributed by atoms with Crippen LogP contribution in [-0.2, 0) is 10.0 Å². The van der Waals surface area contributed by atoms with Gasteiger partial charge in [0.25, 0.3) is 5.91 Å². The van der Waals surface area contributed by atoms with Gasteiger partial charge in [0.1, 0.15) is 0 Å². The summed E-state index contributed by atoms with van der Waals surface area (Å²) in [5, 5.41) is 0. The van der Waals surface area contributed by atoms with Crippen molar-refractivity contribution in [3.05, 3.63) is 34.3 Å². The maximum Gasteiger partial charge on any atom is 0.255 e. The van der Waals surface area contributed by atoms with Gasteiger partial charge in [0.05, 0.1) is 11.8 Å². The molecule has 21 heavy (non-hydrogen) atoms. The first kappa shape index (κ1) is 16.5. The molecule has 1 N–H and O–H groups in total. The fourth-order valence-electron chi connectivity index (χ4n) is 2.49. The third kappa shape index (κ3) is 4.79. The molecule has 1 atom stereocenters. The average molecular weight is 375 g/mol. The van der Waals surface area contributed by atoms with Crippen LogP contribution in [0.3, 0.4) is 0 Å². The highest BCUT2D eigenvalue weighted by atomic mass is 79.9. The van der Waals surface area contributed by atoms with Crippen molar-refractivity contribution < 1.29 is 13.2 Å². The predicted octanol–water partition coefficient (Wildman–Crippen LogP) is 1.85. The van der Waals surface area contributed by atoms with Gasteiger partial charge in [-0.15, -0.1) is 0 Å². The number of carbonyl (C=O) groups excluding carboxylic acids is 1. The molecule has 1 aliphatic rings. The van der Waals surface area contributed by atoms with E-state index in [0.717, 1.165) is 30.1 Å². The number of carbonyl (C=O) groups is 1. The SMILES string of the molecule is CS(=O)(=O)NC[C@H]1CCCN(C(=O)c2ccccc2Br)C1. The first-order valence-electron chi connectivity index (χ1n) is 6.85. The van der Waals surface area contributed by atoms with Crippen LogP contribution in [0, 0.1) is 5.92 Å². The van der Waals surface area contributed by atoms with Crippen LogP contribution in [0.2, 0.25) is 0 Å². The maximum absolute atomic E-state index is 12.5.